The van der Waals surface area contributed by atoms with Crippen LogP contribution in [0.4, 0.5) is 18.9 Å². The van der Waals surface area contributed by atoms with Gasteiger partial charge >= 0.3 is 6.18 Å². The fourth-order valence-corrected chi connectivity index (χ4v) is 4.50. The molecule has 0 radical (unpaired) electrons. The molecule has 1 aromatic heterocycles. The Morgan fingerprint density at radius 2 is 1.71 bits per heavy atom. The zero-order valence-electron chi connectivity index (χ0n) is 16.8. The number of anilines is 1. The van der Waals surface area contributed by atoms with Crippen molar-refractivity contribution < 1.29 is 18.0 Å². The summed E-state index contributed by atoms with van der Waals surface area (Å²) < 4.78 is 40.1. The fourth-order valence-electron chi connectivity index (χ4n) is 4.37. The van der Waals surface area contributed by atoms with E-state index in [0.717, 1.165) is 31.1 Å². The molecular formula is C24H22ClF3N2O. The maximum absolute atomic E-state index is 13.4. The first-order chi connectivity index (χ1) is 14.8. The monoisotopic (exact) mass is 446 g/mol. The number of nitrogens with zero attached hydrogens (tertiary/aromatic N) is 1. The Balaban J connectivity index is 1.43. The van der Waals surface area contributed by atoms with Crippen LogP contribution in [0.15, 0.2) is 54.6 Å². The molecular weight excluding hydrogens is 425 g/mol. The summed E-state index contributed by atoms with van der Waals surface area (Å²) in [5.41, 5.74) is 0.940. The number of amides is 1. The number of nitrogens with one attached hydrogen (secondary N) is 1. The maximum atomic E-state index is 13.4. The van der Waals surface area contributed by atoms with Crippen molar-refractivity contribution in [2.24, 2.45) is 5.92 Å². The summed E-state index contributed by atoms with van der Waals surface area (Å²) in [5.74, 6) is 0.197. The summed E-state index contributed by atoms with van der Waals surface area (Å²) >= 11 is 5.86. The molecule has 1 heterocycles. The SMILES string of the molecule is O=C(C[C@H]1CC[C@H](c2cc(C(F)(F)F)nc3ccccc32)CC1)Nc1ccc(Cl)cc1. The van der Waals surface area contributed by atoms with Gasteiger partial charge in [-0.25, -0.2) is 4.98 Å². The van der Waals surface area contributed by atoms with Crippen molar-refractivity contribution in [3.05, 3.63) is 70.9 Å². The molecule has 3 nitrogen and oxygen atoms in total. The summed E-state index contributed by atoms with van der Waals surface area (Å²) in [6.45, 7) is 0. The van der Waals surface area contributed by atoms with Crippen molar-refractivity contribution in [3.8, 4) is 0 Å². The number of halogens is 4. The molecule has 0 bridgehead atoms. The number of aromatic nitrogens is 1. The number of rotatable bonds is 4. The molecule has 0 spiro atoms. The lowest BCUT2D eigenvalue weighted by atomic mass is 9.76. The molecule has 0 atom stereocenters. The van der Waals surface area contributed by atoms with Gasteiger partial charge in [0.05, 0.1) is 5.52 Å². The number of fused-ring (bicyclic) bond motifs is 1. The Labute approximate surface area is 183 Å². The number of hydrogen-bond donors (Lipinski definition) is 1. The average molecular weight is 447 g/mol. The van der Waals surface area contributed by atoms with Gasteiger partial charge < -0.3 is 5.32 Å². The smallest absolute Gasteiger partial charge is 0.326 e. The first-order valence-electron chi connectivity index (χ1n) is 10.3. The van der Waals surface area contributed by atoms with Crippen LogP contribution in [0.3, 0.4) is 0 Å². The van der Waals surface area contributed by atoms with Gasteiger partial charge in [0.15, 0.2) is 0 Å². The highest BCUT2D eigenvalue weighted by molar-refractivity contribution is 6.30. The lowest BCUT2D eigenvalue weighted by Gasteiger charge is -2.29. The van der Waals surface area contributed by atoms with Crippen LogP contribution in [0.25, 0.3) is 10.9 Å². The molecule has 0 saturated heterocycles. The third-order valence-electron chi connectivity index (χ3n) is 5.93. The highest BCUT2D eigenvalue weighted by Gasteiger charge is 2.34. The van der Waals surface area contributed by atoms with Crippen molar-refractivity contribution in [2.45, 2.75) is 44.2 Å². The Morgan fingerprint density at radius 3 is 2.39 bits per heavy atom. The van der Waals surface area contributed by atoms with Crippen LogP contribution in [-0.4, -0.2) is 10.9 Å². The lowest BCUT2D eigenvalue weighted by Crippen LogP contribution is -2.21. The Morgan fingerprint density at radius 1 is 1.03 bits per heavy atom. The second-order valence-corrected chi connectivity index (χ2v) is 8.52. The molecule has 0 unspecified atom stereocenters. The normalized spacial score (nSPS) is 19.4. The van der Waals surface area contributed by atoms with Crippen molar-refractivity contribution in [1.82, 2.24) is 4.98 Å². The molecule has 162 valence electrons. The van der Waals surface area contributed by atoms with E-state index >= 15 is 0 Å². The minimum atomic E-state index is -4.48. The van der Waals surface area contributed by atoms with Gasteiger partial charge in [-0.05, 0) is 79.5 Å². The van der Waals surface area contributed by atoms with Crippen molar-refractivity contribution in [1.29, 1.82) is 0 Å². The number of hydrogen-bond acceptors (Lipinski definition) is 2. The summed E-state index contributed by atoms with van der Waals surface area (Å²) in [4.78, 5) is 16.2. The fraction of sp³-hybridized carbons (Fsp3) is 0.333. The van der Waals surface area contributed by atoms with E-state index in [-0.39, 0.29) is 17.7 Å². The predicted octanol–water partition coefficient (Wildman–Crippen LogP) is 7.21. The second-order valence-electron chi connectivity index (χ2n) is 8.09. The van der Waals surface area contributed by atoms with E-state index < -0.39 is 11.9 Å². The molecule has 1 aliphatic rings. The van der Waals surface area contributed by atoms with Crippen LogP contribution in [0.1, 0.15) is 49.3 Å². The van der Waals surface area contributed by atoms with E-state index in [1.807, 2.05) is 12.1 Å². The van der Waals surface area contributed by atoms with Gasteiger partial charge in [0.2, 0.25) is 5.91 Å². The molecule has 31 heavy (non-hydrogen) atoms. The van der Waals surface area contributed by atoms with Gasteiger partial charge in [0.1, 0.15) is 5.69 Å². The van der Waals surface area contributed by atoms with E-state index in [9.17, 15) is 18.0 Å². The molecule has 1 fully saturated rings. The minimum Gasteiger partial charge on any atom is -0.326 e. The van der Waals surface area contributed by atoms with Crippen molar-refractivity contribution in [3.63, 3.8) is 0 Å². The van der Waals surface area contributed by atoms with Gasteiger partial charge in [-0.15, -0.1) is 0 Å². The number of carbonyl (C=O) groups is 1. The minimum absolute atomic E-state index is 0.0320. The summed E-state index contributed by atoms with van der Waals surface area (Å²) in [6.07, 6.45) is -0.961. The Hall–Kier alpha value is -2.60. The molecule has 1 amide bonds. The number of carbonyl (C=O) groups excluding carboxylic acids is 1. The molecule has 4 rings (SSSR count). The van der Waals surface area contributed by atoms with E-state index in [2.05, 4.69) is 10.3 Å². The van der Waals surface area contributed by atoms with E-state index in [1.165, 1.54) is 6.07 Å². The second kappa shape index (κ2) is 8.87. The predicted molar refractivity (Wildman–Crippen MR) is 116 cm³/mol. The molecule has 1 aliphatic carbocycles. The summed E-state index contributed by atoms with van der Waals surface area (Å²) in [7, 11) is 0. The van der Waals surface area contributed by atoms with Crippen LogP contribution in [0.5, 0.6) is 0 Å². The number of benzene rings is 2. The number of para-hydroxylation sites is 1. The van der Waals surface area contributed by atoms with Crippen LogP contribution in [0.2, 0.25) is 5.02 Å². The topological polar surface area (TPSA) is 42.0 Å². The van der Waals surface area contributed by atoms with Crippen molar-refractivity contribution >= 4 is 34.1 Å². The third-order valence-corrected chi connectivity index (χ3v) is 6.18. The third kappa shape index (κ3) is 5.18. The quantitative estimate of drug-likeness (QED) is 0.460. The van der Waals surface area contributed by atoms with Gasteiger partial charge in [-0.3, -0.25) is 4.79 Å². The Bertz CT molecular complexity index is 1070. The van der Waals surface area contributed by atoms with E-state index in [0.29, 0.717) is 28.2 Å². The van der Waals surface area contributed by atoms with Crippen LogP contribution in [-0.2, 0) is 11.0 Å². The first-order valence-corrected chi connectivity index (χ1v) is 10.7. The molecule has 0 aliphatic heterocycles. The van der Waals surface area contributed by atoms with Crippen molar-refractivity contribution in [2.75, 3.05) is 5.32 Å². The lowest BCUT2D eigenvalue weighted by molar-refractivity contribution is -0.141. The molecule has 7 heteroatoms. The standard InChI is InChI=1S/C24H22ClF3N2O/c25-17-9-11-18(12-10-17)29-23(31)13-15-5-7-16(8-6-15)20-14-22(24(26,27)28)30-21-4-2-1-3-19(20)21/h1-4,9-12,14-16H,5-8,13H2,(H,29,31)/t15-,16-. The average Bonchev–Trinajstić information content (AvgIpc) is 2.74. The first kappa shape index (κ1) is 21.6. The van der Waals surface area contributed by atoms with Gasteiger partial charge in [0.25, 0.3) is 0 Å². The van der Waals surface area contributed by atoms with Crippen LogP contribution < -0.4 is 5.32 Å². The maximum Gasteiger partial charge on any atom is 0.433 e. The molecule has 1 N–H and O–H groups in total. The number of alkyl halides is 3. The number of pyridine rings is 1. The molecule has 3 aromatic rings. The zero-order valence-corrected chi connectivity index (χ0v) is 17.5. The van der Waals surface area contributed by atoms with Crippen LogP contribution >= 0.6 is 11.6 Å². The van der Waals surface area contributed by atoms with Gasteiger partial charge in [0, 0.05) is 22.5 Å². The largest absolute Gasteiger partial charge is 0.433 e. The van der Waals surface area contributed by atoms with Gasteiger partial charge in [-0.2, -0.15) is 13.2 Å². The molecule has 2 aromatic carbocycles. The van der Waals surface area contributed by atoms with E-state index in [1.54, 1.807) is 36.4 Å². The molecule has 1 saturated carbocycles. The zero-order chi connectivity index (χ0) is 22.0. The van der Waals surface area contributed by atoms with Crippen LogP contribution in [0, 0.1) is 5.92 Å². The van der Waals surface area contributed by atoms with Gasteiger partial charge in [-0.1, -0.05) is 29.8 Å². The Kier molecular flexibility index (Phi) is 6.19. The highest BCUT2D eigenvalue weighted by Crippen LogP contribution is 2.41. The summed E-state index contributed by atoms with van der Waals surface area (Å²) in [5, 5.41) is 4.26. The highest BCUT2D eigenvalue weighted by atomic mass is 35.5. The van der Waals surface area contributed by atoms with E-state index in [4.69, 9.17) is 11.6 Å². The summed E-state index contributed by atoms with van der Waals surface area (Å²) in [6, 6.07) is 15.1.